The number of nitrogens with zero attached hydrogens (tertiary/aromatic N) is 3. The smallest absolute Gasteiger partial charge is 0.130 e. The van der Waals surface area contributed by atoms with Crippen molar-refractivity contribution < 1.29 is 0 Å². The molecule has 0 fully saturated rings. The van der Waals surface area contributed by atoms with E-state index in [2.05, 4.69) is 90.6 Å². The van der Waals surface area contributed by atoms with Gasteiger partial charge in [-0.05, 0) is 97.6 Å². The second-order valence-corrected chi connectivity index (χ2v) is 7.56. The van der Waals surface area contributed by atoms with Crippen LogP contribution in [0.5, 0.6) is 0 Å². The fourth-order valence-electron chi connectivity index (χ4n) is 2.16. The number of rotatable bonds is 1. The van der Waals surface area contributed by atoms with Crippen LogP contribution in [0.4, 0.5) is 5.69 Å². The van der Waals surface area contributed by atoms with Gasteiger partial charge in [0.05, 0.1) is 15.8 Å². The van der Waals surface area contributed by atoms with Crippen molar-refractivity contribution in [3.05, 3.63) is 41.8 Å². The summed E-state index contributed by atoms with van der Waals surface area (Å²) in [5.74, 6) is 0. The van der Waals surface area contributed by atoms with Gasteiger partial charge in [-0.1, -0.05) is 0 Å². The number of fused-ring (bicyclic) bond motifs is 1. The van der Waals surface area contributed by atoms with Crippen LogP contribution in [0.3, 0.4) is 0 Å². The molecule has 0 unspecified atom stereocenters. The molecule has 0 spiro atoms. The Morgan fingerprint density at radius 3 is 2.33 bits per heavy atom. The standard InChI is InChI=1S/C14H11Br2IN4/c1-6-3-8(4-7(2)12(6)17)21-19-10-5-9(15)13(18)11(16)14(10)20-21/h3-5H,18H2,1-2H3. The Kier molecular flexibility index (Phi) is 4.00. The van der Waals surface area contributed by atoms with Crippen molar-refractivity contribution in [1.82, 2.24) is 15.0 Å². The number of hydrogen-bond acceptors (Lipinski definition) is 3. The zero-order chi connectivity index (χ0) is 15.3. The van der Waals surface area contributed by atoms with E-state index in [9.17, 15) is 0 Å². The first-order chi connectivity index (χ1) is 9.88. The zero-order valence-electron chi connectivity index (χ0n) is 11.3. The van der Waals surface area contributed by atoms with Crippen LogP contribution in [0.2, 0.25) is 0 Å². The van der Waals surface area contributed by atoms with E-state index in [0.717, 1.165) is 25.7 Å². The van der Waals surface area contributed by atoms with Crippen molar-refractivity contribution in [2.24, 2.45) is 0 Å². The van der Waals surface area contributed by atoms with Crippen LogP contribution >= 0.6 is 54.5 Å². The number of aromatic nitrogens is 3. The van der Waals surface area contributed by atoms with E-state index in [1.54, 1.807) is 4.80 Å². The summed E-state index contributed by atoms with van der Waals surface area (Å²) >= 11 is 9.27. The van der Waals surface area contributed by atoms with Crippen molar-refractivity contribution in [3.63, 3.8) is 0 Å². The first kappa shape index (κ1) is 15.2. The minimum atomic E-state index is 0.629. The molecule has 1 aromatic heterocycles. The molecule has 21 heavy (non-hydrogen) atoms. The molecule has 0 atom stereocenters. The molecule has 7 heteroatoms. The van der Waals surface area contributed by atoms with Crippen LogP contribution in [0, 0.1) is 17.4 Å². The van der Waals surface area contributed by atoms with Gasteiger partial charge in [0.15, 0.2) is 0 Å². The van der Waals surface area contributed by atoms with Gasteiger partial charge < -0.3 is 5.73 Å². The molecule has 0 aliphatic carbocycles. The summed E-state index contributed by atoms with van der Waals surface area (Å²) < 4.78 is 2.84. The van der Waals surface area contributed by atoms with Crippen molar-refractivity contribution in [2.75, 3.05) is 5.73 Å². The molecule has 2 aromatic carbocycles. The number of nitrogens with two attached hydrogens (primary N) is 1. The van der Waals surface area contributed by atoms with Gasteiger partial charge in [0.25, 0.3) is 0 Å². The van der Waals surface area contributed by atoms with Crippen molar-refractivity contribution in [1.29, 1.82) is 0 Å². The summed E-state index contributed by atoms with van der Waals surface area (Å²) in [6.45, 7) is 4.18. The van der Waals surface area contributed by atoms with Gasteiger partial charge in [-0.3, -0.25) is 0 Å². The summed E-state index contributed by atoms with van der Waals surface area (Å²) in [6.07, 6.45) is 0. The Morgan fingerprint density at radius 2 is 1.71 bits per heavy atom. The predicted octanol–water partition coefficient (Wildman–Crippen LogP) is 4.75. The molecule has 0 bridgehead atoms. The van der Waals surface area contributed by atoms with Crippen LogP contribution in [0.15, 0.2) is 27.1 Å². The largest absolute Gasteiger partial charge is 0.397 e. The maximum absolute atomic E-state index is 5.99. The number of aryl methyl sites for hydroxylation is 2. The number of anilines is 1. The lowest BCUT2D eigenvalue weighted by Crippen LogP contribution is -2.01. The molecule has 0 aliphatic heterocycles. The highest BCUT2D eigenvalue weighted by atomic mass is 127. The lowest BCUT2D eigenvalue weighted by Gasteiger charge is -2.06. The van der Waals surface area contributed by atoms with E-state index in [4.69, 9.17) is 5.73 Å². The summed E-state index contributed by atoms with van der Waals surface area (Å²) in [5.41, 5.74) is 11.5. The average Bonchev–Trinajstić information content (AvgIpc) is 2.85. The summed E-state index contributed by atoms with van der Waals surface area (Å²) in [5, 5.41) is 9.10. The molecule has 108 valence electrons. The SMILES string of the molecule is Cc1cc(-n2nc3cc(Br)c(N)c(Br)c3n2)cc(C)c1I. The van der Waals surface area contributed by atoms with E-state index >= 15 is 0 Å². The summed E-state index contributed by atoms with van der Waals surface area (Å²) in [7, 11) is 0. The molecular formula is C14H11Br2IN4. The number of nitrogen functional groups attached to an aromatic ring is 1. The predicted molar refractivity (Wildman–Crippen MR) is 101 cm³/mol. The number of halogens is 3. The molecule has 4 nitrogen and oxygen atoms in total. The van der Waals surface area contributed by atoms with E-state index in [1.807, 2.05) is 6.07 Å². The first-order valence-corrected chi connectivity index (χ1v) is 8.82. The van der Waals surface area contributed by atoms with Crippen LogP contribution in [0.25, 0.3) is 16.7 Å². The molecule has 2 N–H and O–H groups in total. The fraction of sp³-hybridized carbons (Fsp3) is 0.143. The van der Waals surface area contributed by atoms with E-state index in [0.29, 0.717) is 5.69 Å². The Balaban J connectivity index is 2.25. The van der Waals surface area contributed by atoms with Gasteiger partial charge in [0.1, 0.15) is 11.0 Å². The van der Waals surface area contributed by atoms with Crippen LogP contribution < -0.4 is 5.73 Å². The molecule has 0 saturated carbocycles. The quantitative estimate of drug-likeness (QED) is 0.371. The summed E-state index contributed by atoms with van der Waals surface area (Å²) in [6, 6.07) is 6.05. The highest BCUT2D eigenvalue weighted by Gasteiger charge is 2.14. The third kappa shape index (κ3) is 2.59. The van der Waals surface area contributed by atoms with Crippen LogP contribution in [-0.4, -0.2) is 15.0 Å². The van der Waals surface area contributed by atoms with Crippen molar-refractivity contribution in [3.8, 4) is 5.69 Å². The van der Waals surface area contributed by atoms with Crippen molar-refractivity contribution >= 4 is 71.2 Å². The highest BCUT2D eigenvalue weighted by Crippen LogP contribution is 2.34. The third-order valence-corrected chi connectivity index (χ3v) is 6.42. The average molecular weight is 522 g/mol. The Hall–Kier alpha value is -0.670. The summed E-state index contributed by atoms with van der Waals surface area (Å²) in [4.78, 5) is 1.65. The molecule has 3 aromatic rings. The van der Waals surface area contributed by atoms with Gasteiger partial charge in [0, 0.05) is 8.04 Å². The zero-order valence-corrected chi connectivity index (χ0v) is 16.6. The van der Waals surface area contributed by atoms with Gasteiger partial charge in [-0.2, -0.15) is 4.80 Å². The van der Waals surface area contributed by atoms with Gasteiger partial charge in [-0.25, -0.2) is 0 Å². The number of benzene rings is 2. The maximum atomic E-state index is 5.99. The fourth-order valence-corrected chi connectivity index (χ4v) is 3.64. The molecular weight excluding hydrogens is 511 g/mol. The molecule has 3 rings (SSSR count). The van der Waals surface area contributed by atoms with Gasteiger partial charge >= 0.3 is 0 Å². The first-order valence-electron chi connectivity index (χ1n) is 6.16. The maximum Gasteiger partial charge on any atom is 0.130 e. The van der Waals surface area contributed by atoms with E-state index in [1.165, 1.54) is 14.7 Å². The van der Waals surface area contributed by atoms with Crippen molar-refractivity contribution in [2.45, 2.75) is 13.8 Å². The lowest BCUT2D eigenvalue weighted by atomic mass is 10.1. The van der Waals surface area contributed by atoms with Gasteiger partial charge in [0.2, 0.25) is 0 Å². The molecule has 0 radical (unpaired) electrons. The minimum Gasteiger partial charge on any atom is -0.397 e. The molecule has 0 amide bonds. The second-order valence-electron chi connectivity index (χ2n) is 4.84. The van der Waals surface area contributed by atoms with Crippen LogP contribution in [0.1, 0.15) is 11.1 Å². The third-order valence-electron chi connectivity index (χ3n) is 3.26. The molecule has 1 heterocycles. The number of hydrogen-bond donors (Lipinski definition) is 1. The van der Waals surface area contributed by atoms with E-state index in [-0.39, 0.29) is 0 Å². The second kappa shape index (κ2) is 5.51. The van der Waals surface area contributed by atoms with E-state index < -0.39 is 0 Å². The van der Waals surface area contributed by atoms with Gasteiger partial charge in [-0.15, -0.1) is 10.2 Å². The Labute approximate surface area is 152 Å². The molecule has 0 aliphatic rings. The minimum absolute atomic E-state index is 0.629. The topological polar surface area (TPSA) is 56.7 Å². The highest BCUT2D eigenvalue weighted by molar-refractivity contribution is 14.1. The van der Waals surface area contributed by atoms with Crippen LogP contribution in [-0.2, 0) is 0 Å². The normalized spacial score (nSPS) is 11.3. The Bertz CT molecular complexity index is 850. The Morgan fingerprint density at radius 1 is 1.10 bits per heavy atom. The lowest BCUT2D eigenvalue weighted by molar-refractivity contribution is 0.763. The molecule has 0 saturated heterocycles. The monoisotopic (exact) mass is 520 g/mol.